The molecule has 5 heteroatoms. The predicted octanol–water partition coefficient (Wildman–Crippen LogP) is 1.64. The Kier molecular flexibility index (Phi) is 7.01. The first kappa shape index (κ1) is 16.4. The second kappa shape index (κ2) is 8.53. The Labute approximate surface area is 120 Å². The lowest BCUT2D eigenvalue weighted by molar-refractivity contribution is 0.219. The number of aromatic nitrogens is 1. The molecule has 1 atom stereocenters. The Hall–Kier alpha value is -1.62. The summed E-state index contributed by atoms with van der Waals surface area (Å²) in [5, 5.41) is 14.7. The van der Waals surface area contributed by atoms with E-state index in [4.69, 9.17) is 5.11 Å². The average Bonchev–Trinajstić information content (AvgIpc) is 2.40. The summed E-state index contributed by atoms with van der Waals surface area (Å²) in [5.74, 6) is 0.300. The summed E-state index contributed by atoms with van der Waals surface area (Å²) < 4.78 is 0. The van der Waals surface area contributed by atoms with E-state index in [1.807, 2.05) is 39.1 Å². The number of nitrogens with zero attached hydrogens (tertiary/aromatic N) is 1. The lowest BCUT2D eigenvalue weighted by Gasteiger charge is -2.21. The van der Waals surface area contributed by atoms with Gasteiger partial charge in [0.2, 0.25) is 0 Å². The molecule has 0 saturated heterocycles. The molecule has 0 saturated carbocycles. The predicted molar refractivity (Wildman–Crippen MR) is 79.5 cm³/mol. The molecule has 0 bridgehead atoms. The molecule has 0 radical (unpaired) electrons. The molecule has 1 aromatic heterocycles. The van der Waals surface area contributed by atoms with Gasteiger partial charge < -0.3 is 15.7 Å². The number of urea groups is 1. The van der Waals surface area contributed by atoms with Crippen LogP contribution in [-0.2, 0) is 6.42 Å². The number of hydrogen-bond acceptors (Lipinski definition) is 3. The van der Waals surface area contributed by atoms with E-state index in [-0.39, 0.29) is 18.7 Å². The highest BCUT2D eigenvalue weighted by molar-refractivity contribution is 5.74. The highest BCUT2D eigenvalue weighted by Gasteiger charge is 2.14. The van der Waals surface area contributed by atoms with Crippen LogP contribution in [0.5, 0.6) is 0 Å². The van der Waals surface area contributed by atoms with Crippen LogP contribution in [0.1, 0.15) is 31.5 Å². The van der Waals surface area contributed by atoms with E-state index in [0.717, 1.165) is 17.7 Å². The molecule has 5 nitrogen and oxygen atoms in total. The fourth-order valence-electron chi connectivity index (χ4n) is 1.90. The molecule has 0 aromatic carbocycles. The van der Waals surface area contributed by atoms with Crippen LogP contribution in [0.15, 0.2) is 18.3 Å². The van der Waals surface area contributed by atoms with Crippen LogP contribution in [0.4, 0.5) is 4.79 Å². The number of amides is 2. The quantitative estimate of drug-likeness (QED) is 0.710. The van der Waals surface area contributed by atoms with Crippen molar-refractivity contribution in [3.05, 3.63) is 29.6 Å². The van der Waals surface area contributed by atoms with Crippen LogP contribution >= 0.6 is 0 Å². The maximum atomic E-state index is 11.8. The number of pyridine rings is 1. The van der Waals surface area contributed by atoms with Gasteiger partial charge in [-0.15, -0.1) is 0 Å². The molecular weight excluding hydrogens is 254 g/mol. The Morgan fingerprint density at radius 3 is 2.70 bits per heavy atom. The van der Waals surface area contributed by atoms with Crippen LogP contribution in [0.25, 0.3) is 0 Å². The van der Waals surface area contributed by atoms with E-state index in [1.165, 1.54) is 0 Å². The van der Waals surface area contributed by atoms with Gasteiger partial charge in [0.05, 0.1) is 0 Å². The van der Waals surface area contributed by atoms with E-state index in [0.29, 0.717) is 18.9 Å². The highest BCUT2D eigenvalue weighted by Crippen LogP contribution is 2.05. The van der Waals surface area contributed by atoms with E-state index in [1.54, 1.807) is 0 Å². The molecule has 1 rings (SSSR count). The SMILES string of the molecule is Cc1ccc(CCNC(=O)NC(CCO)C(C)C)cn1. The topological polar surface area (TPSA) is 74.2 Å². The van der Waals surface area contributed by atoms with Crippen molar-refractivity contribution in [3.63, 3.8) is 0 Å². The van der Waals surface area contributed by atoms with Gasteiger partial charge in [-0.2, -0.15) is 0 Å². The number of aliphatic hydroxyl groups excluding tert-OH is 1. The third-order valence-electron chi connectivity index (χ3n) is 3.23. The van der Waals surface area contributed by atoms with Gasteiger partial charge in [-0.25, -0.2) is 4.79 Å². The number of carbonyl (C=O) groups is 1. The van der Waals surface area contributed by atoms with Gasteiger partial charge in [0, 0.05) is 31.1 Å². The molecule has 1 aromatic rings. The maximum Gasteiger partial charge on any atom is 0.315 e. The molecule has 0 spiro atoms. The summed E-state index contributed by atoms with van der Waals surface area (Å²) in [6.07, 6.45) is 3.16. The van der Waals surface area contributed by atoms with Gasteiger partial charge in [0.25, 0.3) is 0 Å². The molecule has 20 heavy (non-hydrogen) atoms. The first-order valence-corrected chi connectivity index (χ1v) is 7.09. The van der Waals surface area contributed by atoms with Crippen LogP contribution in [-0.4, -0.2) is 35.3 Å². The number of hydrogen-bond donors (Lipinski definition) is 3. The molecule has 0 fully saturated rings. The van der Waals surface area contributed by atoms with Gasteiger partial charge in [-0.3, -0.25) is 4.98 Å². The molecule has 112 valence electrons. The maximum absolute atomic E-state index is 11.8. The minimum absolute atomic E-state index is 0.000964. The largest absolute Gasteiger partial charge is 0.396 e. The first-order chi connectivity index (χ1) is 9.52. The van der Waals surface area contributed by atoms with Crippen molar-refractivity contribution < 1.29 is 9.90 Å². The zero-order chi connectivity index (χ0) is 15.0. The number of aryl methyl sites for hydroxylation is 1. The Morgan fingerprint density at radius 2 is 2.15 bits per heavy atom. The van der Waals surface area contributed by atoms with Crippen molar-refractivity contribution in [3.8, 4) is 0 Å². The van der Waals surface area contributed by atoms with Gasteiger partial charge in [-0.05, 0) is 37.3 Å². The minimum atomic E-state index is -0.183. The zero-order valence-electron chi connectivity index (χ0n) is 12.5. The molecule has 1 unspecified atom stereocenters. The van der Waals surface area contributed by atoms with Gasteiger partial charge >= 0.3 is 6.03 Å². The van der Waals surface area contributed by atoms with Crippen LogP contribution in [0.3, 0.4) is 0 Å². The molecular formula is C15H25N3O2. The monoisotopic (exact) mass is 279 g/mol. The normalized spacial score (nSPS) is 12.2. The minimum Gasteiger partial charge on any atom is -0.396 e. The molecule has 0 aliphatic rings. The van der Waals surface area contributed by atoms with Gasteiger partial charge in [0.15, 0.2) is 0 Å². The van der Waals surface area contributed by atoms with Crippen LogP contribution in [0, 0.1) is 12.8 Å². The summed E-state index contributed by atoms with van der Waals surface area (Å²) in [6, 6.07) is 3.80. The van der Waals surface area contributed by atoms with Gasteiger partial charge in [-0.1, -0.05) is 19.9 Å². The number of aliphatic hydroxyl groups is 1. The molecule has 1 heterocycles. The Balaban J connectivity index is 2.30. The molecule has 2 amide bonds. The van der Waals surface area contributed by atoms with Crippen LogP contribution < -0.4 is 10.6 Å². The van der Waals surface area contributed by atoms with E-state index in [9.17, 15) is 4.79 Å². The summed E-state index contributed by atoms with van der Waals surface area (Å²) in [5.41, 5.74) is 2.09. The van der Waals surface area contributed by atoms with E-state index in [2.05, 4.69) is 15.6 Å². The fourth-order valence-corrected chi connectivity index (χ4v) is 1.90. The number of nitrogens with one attached hydrogen (secondary N) is 2. The molecule has 0 aliphatic carbocycles. The van der Waals surface area contributed by atoms with Gasteiger partial charge in [0.1, 0.15) is 0 Å². The van der Waals surface area contributed by atoms with E-state index < -0.39 is 0 Å². The van der Waals surface area contributed by atoms with Crippen molar-refractivity contribution in [1.29, 1.82) is 0 Å². The third-order valence-corrected chi connectivity index (χ3v) is 3.23. The molecule has 3 N–H and O–H groups in total. The second-order valence-electron chi connectivity index (χ2n) is 5.32. The number of rotatable bonds is 7. The summed E-state index contributed by atoms with van der Waals surface area (Å²) in [7, 11) is 0. The first-order valence-electron chi connectivity index (χ1n) is 7.09. The van der Waals surface area contributed by atoms with Crippen molar-refractivity contribution in [1.82, 2.24) is 15.6 Å². The van der Waals surface area contributed by atoms with Crippen molar-refractivity contribution in [2.45, 2.75) is 39.7 Å². The summed E-state index contributed by atoms with van der Waals surface area (Å²) >= 11 is 0. The highest BCUT2D eigenvalue weighted by atomic mass is 16.3. The standard InChI is InChI=1S/C15H25N3O2/c1-11(2)14(7-9-19)18-15(20)16-8-6-13-5-4-12(3)17-10-13/h4-5,10-11,14,19H,6-9H2,1-3H3,(H2,16,18,20). The van der Waals surface area contributed by atoms with Crippen molar-refractivity contribution >= 4 is 6.03 Å². The summed E-state index contributed by atoms with van der Waals surface area (Å²) in [6.45, 7) is 6.65. The lowest BCUT2D eigenvalue weighted by Crippen LogP contribution is -2.45. The summed E-state index contributed by atoms with van der Waals surface area (Å²) in [4.78, 5) is 16.0. The van der Waals surface area contributed by atoms with Crippen molar-refractivity contribution in [2.75, 3.05) is 13.2 Å². The fraction of sp³-hybridized carbons (Fsp3) is 0.600. The smallest absolute Gasteiger partial charge is 0.315 e. The number of carbonyl (C=O) groups excluding carboxylic acids is 1. The third kappa shape index (κ3) is 6.02. The zero-order valence-corrected chi connectivity index (χ0v) is 12.5. The Morgan fingerprint density at radius 1 is 1.40 bits per heavy atom. The molecule has 0 aliphatic heterocycles. The Bertz CT molecular complexity index is 404. The lowest BCUT2D eigenvalue weighted by atomic mass is 10.0. The second-order valence-corrected chi connectivity index (χ2v) is 5.32. The van der Waals surface area contributed by atoms with E-state index >= 15 is 0 Å². The van der Waals surface area contributed by atoms with Crippen LogP contribution in [0.2, 0.25) is 0 Å². The average molecular weight is 279 g/mol. The van der Waals surface area contributed by atoms with Crippen molar-refractivity contribution in [2.24, 2.45) is 5.92 Å².